The maximum Gasteiger partial charge on any atom is 0.209 e. The third kappa shape index (κ3) is 3.34. The summed E-state index contributed by atoms with van der Waals surface area (Å²) in [4.78, 5) is 0.160. The Balaban J connectivity index is 2.04. The summed E-state index contributed by atoms with van der Waals surface area (Å²) in [5.41, 5.74) is 0.330. The molecule has 0 bridgehead atoms. The third-order valence-electron chi connectivity index (χ3n) is 2.49. The molecule has 0 aliphatic heterocycles. The summed E-state index contributed by atoms with van der Waals surface area (Å²) in [6.45, 7) is 0. The number of rotatable bonds is 5. The van der Waals surface area contributed by atoms with Gasteiger partial charge in [-0.1, -0.05) is 17.8 Å². The van der Waals surface area contributed by atoms with E-state index in [4.69, 9.17) is 5.26 Å². The van der Waals surface area contributed by atoms with Crippen molar-refractivity contribution in [1.82, 2.24) is 20.2 Å². The Morgan fingerprint density at radius 2 is 2.25 bits per heavy atom. The molecule has 20 heavy (non-hydrogen) atoms. The van der Waals surface area contributed by atoms with E-state index in [2.05, 4.69) is 15.5 Å². The Morgan fingerprint density at radius 1 is 1.45 bits per heavy atom. The van der Waals surface area contributed by atoms with Crippen LogP contribution in [-0.2, 0) is 16.9 Å². The fourth-order valence-corrected chi connectivity index (χ4v) is 4.00. The van der Waals surface area contributed by atoms with Crippen LogP contribution in [0.2, 0.25) is 0 Å². The van der Waals surface area contributed by atoms with E-state index in [0.717, 1.165) is 0 Å². The molecular formula is C11H11N5O2S2. The smallest absolute Gasteiger partial charge is 0.209 e. The highest BCUT2D eigenvalue weighted by molar-refractivity contribution is 8.00. The van der Waals surface area contributed by atoms with E-state index in [1.54, 1.807) is 19.2 Å². The number of aryl methyl sites for hydroxylation is 1. The number of aromatic nitrogens is 4. The number of tetrazole rings is 1. The van der Waals surface area contributed by atoms with E-state index in [-0.39, 0.29) is 10.6 Å². The Bertz CT molecular complexity index is 748. The number of hydrogen-bond acceptors (Lipinski definition) is 7. The molecule has 0 radical (unpaired) electrons. The minimum absolute atomic E-state index is 0.0423. The van der Waals surface area contributed by atoms with Crippen molar-refractivity contribution in [2.75, 3.05) is 11.5 Å². The molecule has 2 aromatic rings. The van der Waals surface area contributed by atoms with E-state index in [9.17, 15) is 8.42 Å². The van der Waals surface area contributed by atoms with Gasteiger partial charge in [0.2, 0.25) is 5.16 Å². The molecule has 1 aromatic heterocycles. The maximum atomic E-state index is 12.1. The van der Waals surface area contributed by atoms with Gasteiger partial charge in [0.25, 0.3) is 0 Å². The fourth-order valence-electron chi connectivity index (χ4n) is 1.46. The zero-order valence-electron chi connectivity index (χ0n) is 10.6. The van der Waals surface area contributed by atoms with Gasteiger partial charge in [-0.3, -0.25) is 0 Å². The Labute approximate surface area is 120 Å². The quantitative estimate of drug-likeness (QED) is 0.747. The van der Waals surface area contributed by atoms with Gasteiger partial charge in [0.05, 0.1) is 22.3 Å². The van der Waals surface area contributed by atoms with Gasteiger partial charge in [-0.05, 0) is 28.6 Å². The second-order valence-electron chi connectivity index (χ2n) is 3.89. The average molecular weight is 309 g/mol. The molecular weight excluding hydrogens is 298 g/mol. The van der Waals surface area contributed by atoms with Crippen molar-refractivity contribution in [3.8, 4) is 6.07 Å². The zero-order valence-corrected chi connectivity index (χ0v) is 12.2. The normalized spacial score (nSPS) is 11.2. The molecule has 0 saturated carbocycles. The first kappa shape index (κ1) is 14.5. The first-order valence-electron chi connectivity index (χ1n) is 5.61. The maximum absolute atomic E-state index is 12.1. The van der Waals surface area contributed by atoms with Gasteiger partial charge in [0.15, 0.2) is 9.84 Å². The molecule has 0 spiro atoms. The molecule has 0 N–H and O–H groups in total. The number of benzene rings is 1. The number of sulfone groups is 1. The lowest BCUT2D eigenvalue weighted by Gasteiger charge is -2.04. The summed E-state index contributed by atoms with van der Waals surface area (Å²) >= 11 is 1.27. The first-order chi connectivity index (χ1) is 9.53. The van der Waals surface area contributed by atoms with Crippen molar-refractivity contribution in [3.63, 3.8) is 0 Å². The van der Waals surface area contributed by atoms with Crippen LogP contribution in [-0.4, -0.2) is 40.1 Å². The van der Waals surface area contributed by atoms with Crippen LogP contribution in [0, 0.1) is 11.3 Å². The lowest BCUT2D eigenvalue weighted by Crippen LogP contribution is -2.09. The van der Waals surface area contributed by atoms with Crippen LogP contribution in [0.5, 0.6) is 0 Å². The zero-order chi connectivity index (χ0) is 14.6. The molecule has 1 heterocycles. The van der Waals surface area contributed by atoms with Crippen LogP contribution < -0.4 is 0 Å². The number of nitriles is 1. The summed E-state index contributed by atoms with van der Waals surface area (Å²) in [5.74, 6) is 0.298. The molecule has 1 aromatic carbocycles. The molecule has 0 aliphatic carbocycles. The van der Waals surface area contributed by atoms with Crippen LogP contribution in [0.15, 0.2) is 34.3 Å². The van der Waals surface area contributed by atoms with E-state index >= 15 is 0 Å². The van der Waals surface area contributed by atoms with Crippen molar-refractivity contribution >= 4 is 21.6 Å². The predicted octanol–water partition coefficient (Wildman–Crippen LogP) is 0.648. The summed E-state index contributed by atoms with van der Waals surface area (Å²) in [6, 6.07) is 7.92. The standard InChI is InChI=1S/C11H11N5O2S2/c1-16-11(13-14-15-16)19-5-6-20(17,18)10-4-2-3-9(7-10)8-12/h2-4,7H,5-6H2,1H3. The lowest BCUT2D eigenvalue weighted by molar-refractivity contribution is 0.597. The van der Waals surface area contributed by atoms with Crippen molar-refractivity contribution in [1.29, 1.82) is 5.26 Å². The monoisotopic (exact) mass is 309 g/mol. The molecule has 0 saturated heterocycles. The average Bonchev–Trinajstić information content (AvgIpc) is 2.84. The highest BCUT2D eigenvalue weighted by Gasteiger charge is 2.15. The van der Waals surface area contributed by atoms with Crippen molar-refractivity contribution in [2.45, 2.75) is 10.1 Å². The summed E-state index contributed by atoms with van der Waals surface area (Å²) < 4.78 is 25.7. The molecule has 0 unspecified atom stereocenters. The van der Waals surface area contributed by atoms with Crippen molar-refractivity contribution in [2.24, 2.45) is 7.05 Å². The molecule has 0 atom stereocenters. The number of nitrogens with zero attached hydrogens (tertiary/aromatic N) is 5. The topological polar surface area (TPSA) is 102 Å². The van der Waals surface area contributed by atoms with E-state index in [0.29, 0.717) is 16.5 Å². The van der Waals surface area contributed by atoms with E-state index in [1.165, 1.54) is 28.6 Å². The predicted molar refractivity (Wildman–Crippen MR) is 72.7 cm³/mol. The second-order valence-corrected chi connectivity index (χ2v) is 7.06. The lowest BCUT2D eigenvalue weighted by atomic mass is 10.2. The van der Waals surface area contributed by atoms with Crippen LogP contribution in [0.4, 0.5) is 0 Å². The summed E-state index contributed by atoms with van der Waals surface area (Å²) in [5, 5.41) is 20.2. The van der Waals surface area contributed by atoms with Crippen LogP contribution in [0.25, 0.3) is 0 Å². The second kappa shape index (κ2) is 6.02. The van der Waals surface area contributed by atoms with Crippen LogP contribution >= 0.6 is 11.8 Å². The molecule has 0 fully saturated rings. The molecule has 2 rings (SSSR count). The molecule has 104 valence electrons. The molecule has 0 aliphatic rings. The molecule has 0 amide bonds. The van der Waals surface area contributed by atoms with Crippen molar-refractivity contribution in [3.05, 3.63) is 29.8 Å². The van der Waals surface area contributed by atoms with Gasteiger partial charge >= 0.3 is 0 Å². The SMILES string of the molecule is Cn1nnnc1SCCS(=O)(=O)c1cccc(C#N)c1. The number of hydrogen-bond donors (Lipinski definition) is 0. The highest BCUT2D eigenvalue weighted by Crippen LogP contribution is 2.17. The largest absolute Gasteiger partial charge is 0.224 e. The Hall–Kier alpha value is -1.92. The summed E-state index contributed by atoms with van der Waals surface area (Å²) in [6.07, 6.45) is 0. The van der Waals surface area contributed by atoms with Gasteiger partial charge in [-0.2, -0.15) is 5.26 Å². The van der Waals surface area contributed by atoms with Crippen LogP contribution in [0.3, 0.4) is 0 Å². The number of thioether (sulfide) groups is 1. The van der Waals surface area contributed by atoms with Gasteiger partial charge in [-0.15, -0.1) is 5.10 Å². The van der Waals surface area contributed by atoms with Gasteiger partial charge in [0, 0.05) is 12.8 Å². The third-order valence-corrected chi connectivity index (χ3v) is 5.47. The highest BCUT2D eigenvalue weighted by atomic mass is 32.2. The van der Waals surface area contributed by atoms with E-state index in [1.807, 2.05) is 6.07 Å². The van der Waals surface area contributed by atoms with Crippen molar-refractivity contribution < 1.29 is 8.42 Å². The van der Waals surface area contributed by atoms with E-state index < -0.39 is 9.84 Å². The van der Waals surface area contributed by atoms with Gasteiger partial charge in [0.1, 0.15) is 0 Å². The fraction of sp³-hybridized carbons (Fsp3) is 0.273. The van der Waals surface area contributed by atoms with Gasteiger partial charge in [-0.25, -0.2) is 13.1 Å². The Kier molecular flexibility index (Phi) is 4.36. The van der Waals surface area contributed by atoms with Crippen LogP contribution in [0.1, 0.15) is 5.56 Å². The van der Waals surface area contributed by atoms with Gasteiger partial charge < -0.3 is 0 Å². The molecule has 9 heteroatoms. The first-order valence-corrected chi connectivity index (χ1v) is 8.25. The minimum Gasteiger partial charge on any atom is -0.224 e. The summed E-state index contributed by atoms with van der Waals surface area (Å²) in [7, 11) is -1.72. The Morgan fingerprint density at radius 3 is 2.90 bits per heavy atom. The minimum atomic E-state index is -3.41. The molecule has 7 nitrogen and oxygen atoms in total.